The SMILES string of the molecule is CCc1nc(Sc2nc(COC)nc3scc(-c4ccccc4)c23)n[nH]1. The summed E-state index contributed by atoms with van der Waals surface area (Å²) in [6.45, 7) is 2.41. The molecule has 0 saturated heterocycles. The van der Waals surface area contributed by atoms with Crippen molar-refractivity contribution < 1.29 is 4.74 Å². The third-order valence-corrected chi connectivity index (χ3v) is 5.57. The molecule has 0 spiro atoms. The molecule has 26 heavy (non-hydrogen) atoms. The maximum Gasteiger partial charge on any atom is 0.214 e. The van der Waals surface area contributed by atoms with Gasteiger partial charge in [-0.1, -0.05) is 37.3 Å². The van der Waals surface area contributed by atoms with Crippen molar-refractivity contribution in [3.63, 3.8) is 0 Å². The second-order valence-corrected chi connectivity index (χ2v) is 7.41. The van der Waals surface area contributed by atoms with Crippen LogP contribution in [0, 0.1) is 0 Å². The van der Waals surface area contributed by atoms with Crippen LogP contribution in [0.5, 0.6) is 0 Å². The van der Waals surface area contributed by atoms with Crippen LogP contribution in [0.3, 0.4) is 0 Å². The lowest BCUT2D eigenvalue weighted by Gasteiger charge is -2.06. The third-order valence-electron chi connectivity index (χ3n) is 3.84. The molecule has 0 radical (unpaired) electrons. The van der Waals surface area contributed by atoms with Gasteiger partial charge in [-0.2, -0.15) is 0 Å². The first kappa shape index (κ1) is 17.1. The van der Waals surface area contributed by atoms with E-state index in [0.29, 0.717) is 17.6 Å². The smallest absolute Gasteiger partial charge is 0.214 e. The molecule has 1 aromatic carbocycles. The fourth-order valence-electron chi connectivity index (χ4n) is 2.62. The number of aryl methyl sites for hydroxylation is 1. The Hall–Kier alpha value is -2.29. The van der Waals surface area contributed by atoms with Crippen molar-refractivity contribution in [2.75, 3.05) is 7.11 Å². The number of methoxy groups -OCH3 is 1. The average molecular weight is 384 g/mol. The Bertz CT molecular complexity index is 1030. The number of nitrogens with zero attached hydrogens (tertiary/aromatic N) is 4. The number of hydrogen-bond donors (Lipinski definition) is 1. The van der Waals surface area contributed by atoms with Crippen LogP contribution >= 0.6 is 23.1 Å². The van der Waals surface area contributed by atoms with Crippen LogP contribution in [-0.2, 0) is 17.8 Å². The van der Waals surface area contributed by atoms with Crippen LogP contribution < -0.4 is 0 Å². The van der Waals surface area contributed by atoms with Crippen molar-refractivity contribution >= 4 is 33.3 Å². The van der Waals surface area contributed by atoms with Gasteiger partial charge in [0, 0.05) is 24.5 Å². The Morgan fingerprint density at radius 3 is 2.73 bits per heavy atom. The summed E-state index contributed by atoms with van der Waals surface area (Å²) in [5.41, 5.74) is 2.27. The molecule has 8 heteroatoms. The Morgan fingerprint density at radius 1 is 1.15 bits per heavy atom. The minimum Gasteiger partial charge on any atom is -0.377 e. The second-order valence-electron chi connectivity index (χ2n) is 5.59. The molecule has 3 aromatic heterocycles. The first-order valence-electron chi connectivity index (χ1n) is 8.20. The molecular formula is C18H17N5OS2. The van der Waals surface area contributed by atoms with Crippen LogP contribution in [0.1, 0.15) is 18.6 Å². The van der Waals surface area contributed by atoms with Gasteiger partial charge in [0.15, 0.2) is 5.82 Å². The van der Waals surface area contributed by atoms with Gasteiger partial charge in [-0.3, -0.25) is 5.10 Å². The first-order valence-corrected chi connectivity index (χ1v) is 9.89. The lowest BCUT2D eigenvalue weighted by Crippen LogP contribution is -1.98. The van der Waals surface area contributed by atoms with Crippen molar-refractivity contribution in [2.45, 2.75) is 30.1 Å². The van der Waals surface area contributed by atoms with E-state index >= 15 is 0 Å². The molecule has 0 aliphatic heterocycles. The monoisotopic (exact) mass is 383 g/mol. The van der Waals surface area contributed by atoms with E-state index < -0.39 is 0 Å². The molecule has 0 aliphatic carbocycles. The largest absolute Gasteiger partial charge is 0.377 e. The maximum absolute atomic E-state index is 5.23. The Labute approximate surface area is 159 Å². The molecule has 0 aliphatic rings. The fraction of sp³-hybridized carbons (Fsp3) is 0.222. The van der Waals surface area contributed by atoms with Crippen molar-refractivity contribution in [3.8, 4) is 11.1 Å². The van der Waals surface area contributed by atoms with Gasteiger partial charge in [-0.25, -0.2) is 15.0 Å². The minimum atomic E-state index is 0.371. The number of aromatic amines is 1. The zero-order valence-corrected chi connectivity index (χ0v) is 16.0. The van der Waals surface area contributed by atoms with E-state index in [2.05, 4.69) is 37.7 Å². The van der Waals surface area contributed by atoms with Crippen LogP contribution in [0.4, 0.5) is 0 Å². The second kappa shape index (κ2) is 7.53. The van der Waals surface area contributed by atoms with Crippen molar-refractivity contribution in [1.82, 2.24) is 25.1 Å². The summed E-state index contributed by atoms with van der Waals surface area (Å²) < 4.78 is 5.23. The highest BCUT2D eigenvalue weighted by Crippen LogP contribution is 2.39. The van der Waals surface area contributed by atoms with Crippen molar-refractivity contribution in [1.29, 1.82) is 0 Å². The average Bonchev–Trinajstić information content (AvgIpc) is 3.29. The molecule has 3 heterocycles. The molecule has 0 atom stereocenters. The van der Waals surface area contributed by atoms with E-state index in [9.17, 15) is 0 Å². The predicted molar refractivity (Wildman–Crippen MR) is 103 cm³/mol. The number of hydrogen-bond acceptors (Lipinski definition) is 7. The number of H-pyrrole nitrogens is 1. The van der Waals surface area contributed by atoms with E-state index in [1.165, 1.54) is 11.8 Å². The lowest BCUT2D eigenvalue weighted by atomic mass is 10.1. The van der Waals surface area contributed by atoms with Gasteiger partial charge in [-0.15, -0.1) is 16.4 Å². The Kier molecular flexibility index (Phi) is 4.96. The molecule has 1 N–H and O–H groups in total. The van der Waals surface area contributed by atoms with Crippen molar-refractivity contribution in [2.24, 2.45) is 0 Å². The molecule has 0 saturated carbocycles. The van der Waals surface area contributed by atoms with Crippen LogP contribution in [0.15, 0.2) is 45.9 Å². The number of fused-ring (bicyclic) bond motifs is 1. The zero-order chi connectivity index (χ0) is 17.9. The van der Waals surface area contributed by atoms with Gasteiger partial charge in [0.25, 0.3) is 0 Å². The summed E-state index contributed by atoms with van der Waals surface area (Å²) in [4.78, 5) is 14.8. The lowest BCUT2D eigenvalue weighted by molar-refractivity contribution is 0.177. The molecule has 4 aromatic rings. The maximum atomic E-state index is 5.23. The summed E-state index contributed by atoms with van der Waals surface area (Å²) >= 11 is 3.07. The highest BCUT2D eigenvalue weighted by molar-refractivity contribution is 7.99. The zero-order valence-electron chi connectivity index (χ0n) is 14.4. The number of rotatable bonds is 6. The van der Waals surface area contributed by atoms with E-state index in [0.717, 1.165) is 38.6 Å². The van der Waals surface area contributed by atoms with Gasteiger partial charge in [0.2, 0.25) is 5.16 Å². The van der Waals surface area contributed by atoms with E-state index in [-0.39, 0.29) is 0 Å². The fourth-order valence-corrected chi connectivity index (χ4v) is 4.53. The van der Waals surface area contributed by atoms with Gasteiger partial charge in [-0.05, 0) is 17.3 Å². The van der Waals surface area contributed by atoms with Gasteiger partial charge < -0.3 is 4.74 Å². The third kappa shape index (κ3) is 3.35. The van der Waals surface area contributed by atoms with Crippen LogP contribution in [0.2, 0.25) is 0 Å². The number of benzene rings is 1. The topological polar surface area (TPSA) is 76.6 Å². The van der Waals surface area contributed by atoms with Crippen LogP contribution in [0.25, 0.3) is 21.3 Å². The number of aromatic nitrogens is 5. The number of ether oxygens (including phenoxy) is 1. The van der Waals surface area contributed by atoms with Crippen LogP contribution in [-0.4, -0.2) is 32.3 Å². The summed E-state index contributed by atoms with van der Waals surface area (Å²) in [6.07, 6.45) is 0.815. The first-order chi connectivity index (χ1) is 12.8. The van der Waals surface area contributed by atoms with E-state index in [4.69, 9.17) is 9.72 Å². The molecule has 132 valence electrons. The molecule has 0 fully saturated rings. The van der Waals surface area contributed by atoms with Crippen molar-refractivity contribution in [3.05, 3.63) is 47.4 Å². The Morgan fingerprint density at radius 2 is 2.00 bits per heavy atom. The molecule has 0 bridgehead atoms. The predicted octanol–water partition coefficient (Wildman–Crippen LogP) is 4.34. The van der Waals surface area contributed by atoms with Gasteiger partial charge >= 0.3 is 0 Å². The molecule has 6 nitrogen and oxygen atoms in total. The standard InChI is InChI=1S/C18H17N5OS2/c1-3-13-21-18(23-22-13)26-17-15-12(11-7-5-4-6-8-11)10-25-16(15)19-14(20-17)9-24-2/h4-8,10H,3,9H2,1-2H3,(H,21,22,23). The number of nitrogens with one attached hydrogen (secondary N) is 1. The summed E-state index contributed by atoms with van der Waals surface area (Å²) in [5, 5.41) is 11.9. The summed E-state index contributed by atoms with van der Waals surface area (Å²) in [5.74, 6) is 1.53. The highest BCUT2D eigenvalue weighted by Gasteiger charge is 2.18. The minimum absolute atomic E-state index is 0.371. The molecule has 0 amide bonds. The quantitative estimate of drug-likeness (QED) is 0.499. The number of thiophene rings is 1. The van der Waals surface area contributed by atoms with Gasteiger partial charge in [0.1, 0.15) is 22.3 Å². The van der Waals surface area contributed by atoms with E-state index in [1.807, 2.05) is 25.1 Å². The molecular weight excluding hydrogens is 366 g/mol. The summed E-state index contributed by atoms with van der Waals surface area (Å²) in [6, 6.07) is 10.3. The summed E-state index contributed by atoms with van der Waals surface area (Å²) in [7, 11) is 1.65. The Balaban J connectivity index is 1.85. The molecule has 0 unspecified atom stereocenters. The highest BCUT2D eigenvalue weighted by atomic mass is 32.2. The van der Waals surface area contributed by atoms with E-state index in [1.54, 1.807) is 18.4 Å². The normalized spacial score (nSPS) is 11.3. The van der Waals surface area contributed by atoms with Gasteiger partial charge in [0.05, 0.1) is 5.39 Å². The molecule has 4 rings (SSSR count).